The Labute approximate surface area is 139 Å². The number of nitrogens with one attached hydrogen (secondary N) is 1. The summed E-state index contributed by atoms with van der Waals surface area (Å²) in [6, 6.07) is 15.5. The van der Waals surface area contributed by atoms with Crippen LogP contribution < -0.4 is 10.1 Å². The summed E-state index contributed by atoms with van der Waals surface area (Å²) in [5.41, 5.74) is 0.561. The average molecular weight is 344 g/mol. The van der Waals surface area contributed by atoms with Crippen LogP contribution in [0.3, 0.4) is 0 Å². The van der Waals surface area contributed by atoms with Gasteiger partial charge in [0.05, 0.1) is 0 Å². The van der Waals surface area contributed by atoms with Gasteiger partial charge >= 0.3 is 6.09 Å². The maximum absolute atomic E-state index is 12.2. The maximum Gasteiger partial charge on any atom is 0.417 e. The third-order valence-electron chi connectivity index (χ3n) is 2.84. The Morgan fingerprint density at radius 3 is 2.48 bits per heavy atom. The van der Waals surface area contributed by atoms with Crippen LogP contribution >= 0.6 is 11.3 Å². The molecular weight excluding hydrogens is 332 g/mol. The van der Waals surface area contributed by atoms with E-state index in [1.807, 2.05) is 6.07 Å². The van der Waals surface area contributed by atoms with Crippen LogP contribution in [0.2, 0.25) is 0 Å². The summed E-state index contributed by atoms with van der Waals surface area (Å²) in [6.45, 7) is 0. The van der Waals surface area contributed by atoms with Gasteiger partial charge in [0.25, 0.3) is 0 Å². The van der Waals surface area contributed by atoms with Crippen LogP contribution in [0.1, 0.15) is 0 Å². The van der Waals surface area contributed by atoms with Crippen molar-refractivity contribution in [3.05, 3.63) is 66.2 Å². The molecule has 0 bridgehead atoms. The quantitative estimate of drug-likeness (QED) is 0.779. The van der Waals surface area contributed by atoms with E-state index in [-0.39, 0.29) is 0 Å². The van der Waals surface area contributed by atoms with E-state index in [0.717, 1.165) is 0 Å². The second-order valence-corrected chi connectivity index (χ2v) is 6.97. The first-order valence-corrected chi connectivity index (χ1v) is 8.70. The van der Waals surface area contributed by atoms with Crippen LogP contribution in [-0.4, -0.2) is 15.3 Å². The van der Waals surface area contributed by atoms with Crippen LogP contribution in [0, 0.1) is 0 Å². The Balaban J connectivity index is 1.63. The van der Waals surface area contributed by atoms with Crippen LogP contribution in [0.15, 0.2) is 75.4 Å². The van der Waals surface area contributed by atoms with E-state index in [0.29, 0.717) is 20.7 Å². The molecule has 116 valence electrons. The molecule has 3 aromatic rings. The van der Waals surface area contributed by atoms with E-state index in [1.54, 1.807) is 60.1 Å². The van der Waals surface area contributed by atoms with Crippen LogP contribution in [0.25, 0.3) is 0 Å². The number of thiazole rings is 1. The monoisotopic (exact) mass is 344 g/mol. The van der Waals surface area contributed by atoms with Crippen LogP contribution in [0.4, 0.5) is 10.5 Å². The summed E-state index contributed by atoms with van der Waals surface area (Å²) in [5.74, 6) is 0.464. The van der Waals surface area contributed by atoms with E-state index in [9.17, 15) is 9.00 Å². The molecule has 1 aromatic heterocycles. The van der Waals surface area contributed by atoms with E-state index >= 15 is 0 Å². The number of rotatable bonds is 4. The summed E-state index contributed by atoms with van der Waals surface area (Å²) >= 11 is 1.34. The first-order valence-electron chi connectivity index (χ1n) is 6.67. The fraction of sp³-hybridized carbons (Fsp3) is 0. The molecule has 23 heavy (non-hydrogen) atoms. The number of ether oxygens (including phenoxy) is 1. The molecule has 1 heterocycles. The van der Waals surface area contributed by atoms with Crippen molar-refractivity contribution in [2.75, 3.05) is 5.32 Å². The van der Waals surface area contributed by atoms with E-state index in [4.69, 9.17) is 4.74 Å². The fourth-order valence-electron chi connectivity index (χ4n) is 1.80. The van der Waals surface area contributed by atoms with Gasteiger partial charge in [-0.3, -0.25) is 5.32 Å². The normalized spacial score (nSPS) is 11.7. The Morgan fingerprint density at radius 2 is 1.83 bits per heavy atom. The number of nitrogens with zero attached hydrogens (tertiary/aromatic N) is 1. The highest BCUT2D eigenvalue weighted by atomic mass is 32.2. The lowest BCUT2D eigenvalue weighted by Gasteiger charge is -2.07. The molecule has 0 fully saturated rings. The van der Waals surface area contributed by atoms with E-state index in [2.05, 4.69) is 10.3 Å². The summed E-state index contributed by atoms with van der Waals surface area (Å²) in [7, 11) is -1.30. The van der Waals surface area contributed by atoms with Gasteiger partial charge in [0.1, 0.15) is 16.5 Å². The van der Waals surface area contributed by atoms with Gasteiger partial charge in [-0.25, -0.2) is 14.0 Å². The van der Waals surface area contributed by atoms with Crippen LogP contribution in [-0.2, 0) is 10.8 Å². The van der Waals surface area contributed by atoms with Gasteiger partial charge in [0.2, 0.25) is 0 Å². The first-order chi connectivity index (χ1) is 11.2. The van der Waals surface area contributed by atoms with E-state index in [1.165, 1.54) is 11.3 Å². The maximum atomic E-state index is 12.2. The van der Waals surface area contributed by atoms with Crippen molar-refractivity contribution in [3.63, 3.8) is 0 Å². The van der Waals surface area contributed by atoms with Crippen molar-refractivity contribution in [2.45, 2.75) is 9.24 Å². The smallest absolute Gasteiger partial charge is 0.410 e. The van der Waals surface area contributed by atoms with Crippen molar-refractivity contribution in [2.24, 2.45) is 0 Å². The zero-order chi connectivity index (χ0) is 16.1. The average Bonchev–Trinajstić information content (AvgIpc) is 3.10. The van der Waals surface area contributed by atoms with Gasteiger partial charge in [-0.05, 0) is 36.4 Å². The molecule has 7 heteroatoms. The van der Waals surface area contributed by atoms with Gasteiger partial charge in [0, 0.05) is 22.2 Å². The summed E-state index contributed by atoms with van der Waals surface area (Å²) < 4.78 is 17.9. The molecule has 1 unspecified atom stereocenters. The number of benzene rings is 2. The number of carbonyl (C=O) groups excluding carboxylic acids is 1. The number of aromatic nitrogens is 1. The highest BCUT2D eigenvalue weighted by Crippen LogP contribution is 2.20. The summed E-state index contributed by atoms with van der Waals surface area (Å²) in [6.07, 6.45) is 1.04. The molecule has 5 nitrogen and oxygen atoms in total. The molecule has 3 rings (SSSR count). The Morgan fingerprint density at radius 1 is 1.09 bits per heavy atom. The number of anilines is 1. The van der Waals surface area contributed by atoms with Gasteiger partial charge in [0.15, 0.2) is 4.34 Å². The molecule has 0 aliphatic carbocycles. The lowest BCUT2D eigenvalue weighted by molar-refractivity contribution is 0.215. The number of para-hydroxylation sites is 1. The van der Waals surface area contributed by atoms with Gasteiger partial charge in [-0.1, -0.05) is 18.2 Å². The Kier molecular flexibility index (Phi) is 4.80. The molecule has 0 radical (unpaired) electrons. The molecule has 0 spiro atoms. The standard InChI is InChI=1S/C16H12N2O3S2/c19-15(21-13-4-2-1-3-5-13)18-12-6-8-14(9-7-12)23(20)16-17-10-11-22-16/h1-11H,(H,18,19). The van der Waals surface area contributed by atoms with Gasteiger partial charge in [-0.2, -0.15) is 0 Å². The first kappa shape index (κ1) is 15.4. The summed E-state index contributed by atoms with van der Waals surface area (Å²) in [5, 5.41) is 4.40. The summed E-state index contributed by atoms with van der Waals surface area (Å²) in [4.78, 5) is 16.5. The van der Waals surface area contributed by atoms with Crippen molar-refractivity contribution in [3.8, 4) is 5.75 Å². The number of hydrogen-bond acceptors (Lipinski definition) is 5. The molecule has 0 saturated heterocycles. The minimum Gasteiger partial charge on any atom is -0.410 e. The zero-order valence-corrected chi connectivity index (χ0v) is 13.5. The SMILES string of the molecule is O=C(Nc1ccc(S(=O)c2nccs2)cc1)Oc1ccccc1. The molecule has 0 saturated carbocycles. The highest BCUT2D eigenvalue weighted by Gasteiger charge is 2.10. The third kappa shape index (κ3) is 4.02. The molecule has 0 aliphatic rings. The van der Waals surface area contributed by atoms with Crippen LogP contribution in [0.5, 0.6) is 5.75 Å². The second-order valence-electron chi connectivity index (χ2n) is 4.42. The predicted molar refractivity (Wildman–Crippen MR) is 89.3 cm³/mol. The predicted octanol–water partition coefficient (Wildman–Crippen LogP) is 3.92. The molecular formula is C16H12N2O3S2. The molecule has 1 N–H and O–H groups in total. The van der Waals surface area contributed by atoms with Crippen molar-refractivity contribution < 1.29 is 13.7 Å². The topological polar surface area (TPSA) is 68.3 Å². The minimum atomic E-state index is -1.30. The molecule has 1 atom stereocenters. The highest BCUT2D eigenvalue weighted by molar-refractivity contribution is 7.87. The lowest BCUT2D eigenvalue weighted by Crippen LogP contribution is -2.16. The van der Waals surface area contributed by atoms with Crippen molar-refractivity contribution in [1.82, 2.24) is 4.98 Å². The third-order valence-corrected chi connectivity index (χ3v) is 5.27. The van der Waals surface area contributed by atoms with E-state index < -0.39 is 16.9 Å². The number of carbonyl (C=O) groups is 1. The molecule has 2 aromatic carbocycles. The molecule has 0 aliphatic heterocycles. The zero-order valence-electron chi connectivity index (χ0n) is 11.8. The largest absolute Gasteiger partial charge is 0.417 e. The van der Waals surface area contributed by atoms with Crippen molar-refractivity contribution in [1.29, 1.82) is 0 Å². The Bertz CT molecular complexity index is 803. The lowest BCUT2D eigenvalue weighted by atomic mass is 10.3. The molecule has 1 amide bonds. The Hall–Kier alpha value is -2.51. The number of amides is 1. The second kappa shape index (κ2) is 7.17. The minimum absolute atomic E-state index is 0.464. The van der Waals surface area contributed by atoms with Gasteiger partial charge in [-0.15, -0.1) is 11.3 Å². The van der Waals surface area contributed by atoms with Gasteiger partial charge < -0.3 is 4.74 Å². The van der Waals surface area contributed by atoms with Crippen molar-refractivity contribution >= 4 is 33.9 Å². The number of hydrogen-bond donors (Lipinski definition) is 1. The fourth-order valence-corrected chi connectivity index (χ4v) is 3.71.